The SMILES string of the molecule is CC(=O)O/C(=C/c1ccccc1)[C@@H]1C[C@@]1(C)OC(C)=O. The molecule has 1 saturated carbocycles. The number of benzene rings is 1. The van der Waals surface area contributed by atoms with Crippen molar-refractivity contribution in [3.05, 3.63) is 41.7 Å². The summed E-state index contributed by atoms with van der Waals surface area (Å²) in [5.74, 6) is -0.218. The van der Waals surface area contributed by atoms with Crippen molar-refractivity contribution >= 4 is 18.0 Å². The molecular weight excluding hydrogens is 256 g/mol. The summed E-state index contributed by atoms with van der Waals surface area (Å²) in [5.41, 5.74) is 0.378. The molecule has 4 nitrogen and oxygen atoms in total. The molecule has 1 aliphatic rings. The molecule has 0 aliphatic heterocycles. The Morgan fingerprint density at radius 2 is 1.85 bits per heavy atom. The van der Waals surface area contributed by atoms with E-state index in [2.05, 4.69) is 0 Å². The summed E-state index contributed by atoms with van der Waals surface area (Å²) in [7, 11) is 0. The van der Waals surface area contributed by atoms with Crippen LogP contribution in [0.15, 0.2) is 36.1 Å². The second kappa shape index (κ2) is 5.49. The lowest BCUT2D eigenvalue weighted by Crippen LogP contribution is -2.18. The van der Waals surface area contributed by atoms with E-state index in [-0.39, 0.29) is 17.9 Å². The van der Waals surface area contributed by atoms with Crippen LogP contribution in [-0.4, -0.2) is 17.5 Å². The summed E-state index contributed by atoms with van der Waals surface area (Å²) in [6.45, 7) is 4.60. The van der Waals surface area contributed by atoms with Gasteiger partial charge in [-0.1, -0.05) is 30.3 Å². The molecular formula is C16H18O4. The van der Waals surface area contributed by atoms with Gasteiger partial charge in [0.05, 0.1) is 5.92 Å². The first-order valence-electron chi connectivity index (χ1n) is 6.55. The smallest absolute Gasteiger partial charge is 0.307 e. The van der Waals surface area contributed by atoms with Crippen molar-refractivity contribution in [2.75, 3.05) is 0 Å². The first kappa shape index (κ1) is 14.3. The van der Waals surface area contributed by atoms with Crippen molar-refractivity contribution in [3.63, 3.8) is 0 Å². The van der Waals surface area contributed by atoms with Gasteiger partial charge in [0.15, 0.2) is 0 Å². The fraction of sp³-hybridized carbons (Fsp3) is 0.375. The number of hydrogen-bond donors (Lipinski definition) is 0. The highest BCUT2D eigenvalue weighted by atomic mass is 16.6. The van der Waals surface area contributed by atoms with Crippen LogP contribution < -0.4 is 0 Å². The van der Waals surface area contributed by atoms with E-state index in [1.165, 1.54) is 13.8 Å². The van der Waals surface area contributed by atoms with Crippen molar-refractivity contribution in [2.24, 2.45) is 5.92 Å². The van der Waals surface area contributed by atoms with Gasteiger partial charge in [-0.2, -0.15) is 0 Å². The molecule has 20 heavy (non-hydrogen) atoms. The number of esters is 2. The Morgan fingerprint density at radius 1 is 1.20 bits per heavy atom. The zero-order valence-corrected chi connectivity index (χ0v) is 11.9. The Balaban J connectivity index is 2.20. The first-order chi connectivity index (χ1) is 9.40. The Bertz CT molecular complexity index is 547. The number of carbonyl (C=O) groups is 2. The van der Waals surface area contributed by atoms with Gasteiger partial charge in [0.25, 0.3) is 0 Å². The Morgan fingerprint density at radius 3 is 2.40 bits per heavy atom. The Hall–Kier alpha value is -2.10. The zero-order valence-electron chi connectivity index (χ0n) is 11.9. The minimum Gasteiger partial charge on any atom is -0.459 e. The van der Waals surface area contributed by atoms with Crippen LogP contribution >= 0.6 is 0 Å². The van der Waals surface area contributed by atoms with Gasteiger partial charge in [-0.15, -0.1) is 0 Å². The first-order valence-corrected chi connectivity index (χ1v) is 6.55. The predicted octanol–water partition coefficient (Wildman–Crippen LogP) is 2.93. The van der Waals surface area contributed by atoms with E-state index in [4.69, 9.17) is 9.47 Å². The molecule has 106 valence electrons. The molecule has 0 saturated heterocycles. The van der Waals surface area contributed by atoms with Crippen LogP contribution in [0, 0.1) is 5.92 Å². The molecule has 0 radical (unpaired) electrons. The maximum Gasteiger partial charge on any atom is 0.307 e. The Kier molecular flexibility index (Phi) is 3.93. The number of rotatable bonds is 4. The van der Waals surface area contributed by atoms with E-state index in [0.29, 0.717) is 12.2 Å². The second-order valence-electron chi connectivity index (χ2n) is 5.21. The highest BCUT2D eigenvalue weighted by Crippen LogP contribution is 2.51. The minimum atomic E-state index is -0.568. The molecule has 0 spiro atoms. The summed E-state index contributed by atoms with van der Waals surface area (Å²) in [4.78, 5) is 22.3. The monoisotopic (exact) mass is 274 g/mol. The van der Waals surface area contributed by atoms with Gasteiger partial charge >= 0.3 is 11.9 Å². The van der Waals surface area contributed by atoms with Crippen molar-refractivity contribution < 1.29 is 19.1 Å². The van der Waals surface area contributed by atoms with Gasteiger partial charge in [0.2, 0.25) is 0 Å². The number of hydrogen-bond acceptors (Lipinski definition) is 4. The van der Waals surface area contributed by atoms with Crippen LogP contribution in [0.2, 0.25) is 0 Å². The summed E-state index contributed by atoms with van der Waals surface area (Å²) in [6.07, 6.45) is 2.49. The molecule has 0 aromatic heterocycles. The van der Waals surface area contributed by atoms with E-state index in [0.717, 1.165) is 5.56 Å². The lowest BCUT2D eigenvalue weighted by atomic mass is 10.1. The van der Waals surface area contributed by atoms with Gasteiger partial charge in [-0.25, -0.2) is 0 Å². The van der Waals surface area contributed by atoms with Crippen molar-refractivity contribution in [1.82, 2.24) is 0 Å². The number of carbonyl (C=O) groups excluding carboxylic acids is 2. The lowest BCUT2D eigenvalue weighted by Gasteiger charge is -2.13. The minimum absolute atomic E-state index is 0.0736. The van der Waals surface area contributed by atoms with E-state index in [9.17, 15) is 9.59 Å². The zero-order chi connectivity index (χ0) is 14.8. The fourth-order valence-corrected chi connectivity index (χ4v) is 2.27. The quantitative estimate of drug-likeness (QED) is 0.625. The van der Waals surface area contributed by atoms with Crippen LogP contribution in [0.3, 0.4) is 0 Å². The molecule has 4 heteroatoms. The van der Waals surface area contributed by atoms with Gasteiger partial charge in [-0.3, -0.25) is 9.59 Å². The van der Waals surface area contributed by atoms with Crippen molar-refractivity contribution in [1.29, 1.82) is 0 Å². The second-order valence-corrected chi connectivity index (χ2v) is 5.21. The highest BCUT2D eigenvalue weighted by molar-refractivity contribution is 5.70. The van der Waals surface area contributed by atoms with Crippen molar-refractivity contribution in [3.8, 4) is 0 Å². The average Bonchev–Trinajstić information content (AvgIpc) is 2.99. The van der Waals surface area contributed by atoms with Gasteiger partial charge < -0.3 is 9.47 Å². The largest absolute Gasteiger partial charge is 0.459 e. The molecule has 1 aromatic rings. The summed E-state index contributed by atoms with van der Waals surface area (Å²) < 4.78 is 10.6. The van der Waals surface area contributed by atoms with Crippen LogP contribution in [-0.2, 0) is 19.1 Å². The standard InChI is InChI=1S/C16H18O4/c1-11(17)19-15(9-13-7-5-4-6-8-13)14-10-16(14,3)20-12(2)18/h4-9,14H,10H2,1-3H3/b15-9+/t14-,16+/m0/s1. The molecule has 0 unspecified atom stereocenters. The molecule has 0 heterocycles. The summed E-state index contributed by atoms with van der Waals surface area (Å²) >= 11 is 0. The number of ether oxygens (including phenoxy) is 2. The molecule has 0 bridgehead atoms. The van der Waals surface area contributed by atoms with E-state index < -0.39 is 5.60 Å². The third-order valence-electron chi connectivity index (χ3n) is 3.28. The van der Waals surface area contributed by atoms with E-state index in [1.54, 1.807) is 0 Å². The van der Waals surface area contributed by atoms with Gasteiger partial charge in [-0.05, 0) is 18.6 Å². The van der Waals surface area contributed by atoms with Crippen LogP contribution in [0.1, 0.15) is 32.8 Å². The van der Waals surface area contributed by atoms with Gasteiger partial charge in [0.1, 0.15) is 11.4 Å². The molecule has 1 aromatic carbocycles. The molecule has 0 amide bonds. The van der Waals surface area contributed by atoms with E-state index in [1.807, 2.05) is 43.3 Å². The fourth-order valence-electron chi connectivity index (χ4n) is 2.27. The van der Waals surface area contributed by atoms with Crippen molar-refractivity contribution in [2.45, 2.75) is 32.8 Å². The van der Waals surface area contributed by atoms with Crippen LogP contribution in [0.5, 0.6) is 0 Å². The third kappa shape index (κ3) is 3.47. The summed E-state index contributed by atoms with van der Waals surface area (Å²) in [6, 6.07) is 9.60. The Labute approximate surface area is 118 Å². The van der Waals surface area contributed by atoms with E-state index >= 15 is 0 Å². The molecule has 2 atom stereocenters. The normalized spacial score (nSPS) is 24.9. The molecule has 0 N–H and O–H groups in total. The molecule has 1 aliphatic carbocycles. The third-order valence-corrected chi connectivity index (χ3v) is 3.28. The maximum atomic E-state index is 11.2. The van der Waals surface area contributed by atoms with Crippen LogP contribution in [0.25, 0.3) is 6.08 Å². The average molecular weight is 274 g/mol. The van der Waals surface area contributed by atoms with Crippen LogP contribution in [0.4, 0.5) is 0 Å². The highest BCUT2D eigenvalue weighted by Gasteiger charge is 2.56. The molecule has 1 fully saturated rings. The summed E-state index contributed by atoms with van der Waals surface area (Å²) in [5, 5.41) is 0. The lowest BCUT2D eigenvalue weighted by molar-refractivity contribution is -0.148. The predicted molar refractivity (Wildman–Crippen MR) is 74.5 cm³/mol. The topological polar surface area (TPSA) is 52.6 Å². The molecule has 2 rings (SSSR count). The maximum absolute atomic E-state index is 11.2. The van der Waals surface area contributed by atoms with Gasteiger partial charge in [0, 0.05) is 20.3 Å².